The first-order valence-corrected chi connectivity index (χ1v) is 8.86. The Bertz CT molecular complexity index is 625. The van der Waals surface area contributed by atoms with Crippen LogP contribution < -0.4 is 4.72 Å². The average Bonchev–Trinajstić information content (AvgIpc) is 2.71. The van der Waals surface area contributed by atoms with E-state index in [4.69, 9.17) is 0 Å². The van der Waals surface area contributed by atoms with Gasteiger partial charge in [-0.15, -0.1) is 11.3 Å². The molecule has 5 nitrogen and oxygen atoms in total. The van der Waals surface area contributed by atoms with Gasteiger partial charge >= 0.3 is 0 Å². The van der Waals surface area contributed by atoms with E-state index in [0.29, 0.717) is 5.69 Å². The second-order valence-corrected chi connectivity index (χ2v) is 7.99. The molecule has 0 fully saturated rings. The normalized spacial score (nSPS) is 15.8. The zero-order valence-corrected chi connectivity index (χ0v) is 13.2. The Kier molecular flexibility index (Phi) is 4.59. The van der Waals surface area contributed by atoms with E-state index in [9.17, 15) is 13.2 Å². The van der Waals surface area contributed by atoms with E-state index in [1.54, 1.807) is 13.8 Å². The number of aryl methyl sites for hydroxylation is 2. The summed E-state index contributed by atoms with van der Waals surface area (Å²) in [7, 11) is -3.83. The van der Waals surface area contributed by atoms with Crippen LogP contribution in [0, 0.1) is 13.8 Å². The molecule has 0 saturated heterocycles. The molecule has 1 aliphatic carbocycles. The highest BCUT2D eigenvalue weighted by molar-refractivity contribution is 7.92. The molecule has 1 aromatic heterocycles. The van der Waals surface area contributed by atoms with Crippen molar-refractivity contribution in [2.75, 3.05) is 0 Å². The Morgan fingerprint density at radius 3 is 2.70 bits per heavy atom. The average molecular weight is 314 g/mol. The third-order valence-corrected chi connectivity index (χ3v) is 6.08. The fourth-order valence-corrected chi connectivity index (χ4v) is 4.35. The van der Waals surface area contributed by atoms with Crippen LogP contribution in [0.2, 0.25) is 0 Å². The molecule has 0 saturated carbocycles. The number of allylic oxidation sites excluding steroid dienone is 1. The predicted octanol–water partition coefficient (Wildman–Crippen LogP) is 2.46. The number of sulfonamides is 1. The van der Waals surface area contributed by atoms with Crippen molar-refractivity contribution < 1.29 is 13.2 Å². The molecule has 1 aliphatic rings. The van der Waals surface area contributed by atoms with Crippen LogP contribution in [-0.2, 0) is 14.8 Å². The summed E-state index contributed by atoms with van der Waals surface area (Å²) in [4.78, 5) is 16.7. The number of hydrogen-bond acceptors (Lipinski definition) is 5. The zero-order chi connectivity index (χ0) is 14.8. The van der Waals surface area contributed by atoms with Crippen molar-refractivity contribution in [1.82, 2.24) is 9.71 Å². The van der Waals surface area contributed by atoms with Gasteiger partial charge in [0.2, 0.25) is 10.2 Å². The first-order valence-electron chi connectivity index (χ1n) is 6.56. The van der Waals surface area contributed by atoms with Crippen molar-refractivity contribution in [3.63, 3.8) is 0 Å². The van der Waals surface area contributed by atoms with E-state index in [1.807, 2.05) is 6.08 Å². The van der Waals surface area contributed by atoms with Gasteiger partial charge in [0, 0.05) is 11.3 Å². The van der Waals surface area contributed by atoms with Crippen molar-refractivity contribution in [3.05, 3.63) is 22.2 Å². The van der Waals surface area contributed by atoms with Gasteiger partial charge in [0.25, 0.3) is 10.0 Å². The smallest absolute Gasteiger partial charge is 0.274 e. The highest BCUT2D eigenvalue weighted by Crippen LogP contribution is 2.22. The van der Waals surface area contributed by atoms with Crippen LogP contribution in [-0.4, -0.2) is 19.3 Å². The molecule has 20 heavy (non-hydrogen) atoms. The molecule has 1 heterocycles. The third-order valence-electron chi connectivity index (χ3n) is 3.26. The van der Waals surface area contributed by atoms with Crippen LogP contribution in [0.3, 0.4) is 0 Å². The van der Waals surface area contributed by atoms with E-state index in [2.05, 4.69) is 9.71 Å². The number of hydrogen-bond donors (Lipinski definition) is 1. The van der Waals surface area contributed by atoms with Crippen LogP contribution >= 0.6 is 11.3 Å². The van der Waals surface area contributed by atoms with Crippen LogP contribution in [0.5, 0.6) is 0 Å². The number of amides is 1. The van der Waals surface area contributed by atoms with Gasteiger partial charge in [-0.25, -0.2) is 9.71 Å². The predicted molar refractivity (Wildman–Crippen MR) is 78.1 cm³/mol. The van der Waals surface area contributed by atoms with Crippen molar-refractivity contribution in [2.45, 2.75) is 50.3 Å². The van der Waals surface area contributed by atoms with Gasteiger partial charge in [0.1, 0.15) is 0 Å². The standard InChI is InChI=1S/C13H18N2O3S2/c1-9-10(2)19-13(14-9)20(17,18)15-12(16)8-11-6-4-3-5-7-11/h6H,3-5,7-8H2,1-2H3,(H,15,16). The van der Waals surface area contributed by atoms with E-state index in [1.165, 1.54) is 0 Å². The topological polar surface area (TPSA) is 76.1 Å². The number of thiazole rings is 1. The van der Waals surface area contributed by atoms with Gasteiger partial charge in [-0.05, 0) is 39.5 Å². The lowest BCUT2D eigenvalue weighted by Crippen LogP contribution is -2.30. The molecule has 7 heteroatoms. The summed E-state index contributed by atoms with van der Waals surface area (Å²) in [5.74, 6) is -0.483. The van der Waals surface area contributed by atoms with Crippen molar-refractivity contribution >= 4 is 27.3 Å². The lowest BCUT2D eigenvalue weighted by Gasteiger charge is -2.12. The van der Waals surface area contributed by atoms with Gasteiger partial charge < -0.3 is 0 Å². The molecule has 0 atom stereocenters. The lowest BCUT2D eigenvalue weighted by atomic mass is 9.97. The quantitative estimate of drug-likeness (QED) is 0.866. The number of aromatic nitrogens is 1. The first-order chi connectivity index (χ1) is 9.38. The van der Waals surface area contributed by atoms with Gasteiger partial charge in [-0.2, -0.15) is 8.42 Å². The minimum absolute atomic E-state index is 0.0431. The van der Waals surface area contributed by atoms with Crippen molar-refractivity contribution in [3.8, 4) is 0 Å². The second kappa shape index (κ2) is 6.05. The SMILES string of the molecule is Cc1nc(S(=O)(=O)NC(=O)CC2=CCCCC2)sc1C. The van der Waals surface area contributed by atoms with E-state index in [-0.39, 0.29) is 10.8 Å². The molecule has 110 valence electrons. The van der Waals surface area contributed by atoms with Gasteiger partial charge in [-0.3, -0.25) is 4.79 Å². The van der Waals surface area contributed by atoms with Crippen LogP contribution in [0.15, 0.2) is 16.0 Å². The highest BCUT2D eigenvalue weighted by atomic mass is 32.2. The Morgan fingerprint density at radius 2 is 2.15 bits per heavy atom. The molecule has 1 aromatic rings. The highest BCUT2D eigenvalue weighted by Gasteiger charge is 2.23. The van der Waals surface area contributed by atoms with Gasteiger partial charge in [0.15, 0.2) is 0 Å². The fraction of sp³-hybridized carbons (Fsp3) is 0.538. The molecule has 0 aliphatic heterocycles. The van der Waals surface area contributed by atoms with Crippen molar-refractivity contribution in [2.24, 2.45) is 0 Å². The first kappa shape index (κ1) is 15.2. The molecule has 0 spiro atoms. The summed E-state index contributed by atoms with van der Waals surface area (Å²) in [6.45, 7) is 3.56. The van der Waals surface area contributed by atoms with Crippen molar-refractivity contribution in [1.29, 1.82) is 0 Å². The van der Waals surface area contributed by atoms with E-state index >= 15 is 0 Å². The van der Waals surface area contributed by atoms with Gasteiger partial charge in [-0.1, -0.05) is 11.6 Å². The molecule has 0 aromatic carbocycles. The summed E-state index contributed by atoms with van der Waals surface area (Å²) in [6, 6.07) is 0. The van der Waals surface area contributed by atoms with Crippen LogP contribution in [0.1, 0.15) is 42.7 Å². The number of carbonyl (C=O) groups is 1. The number of rotatable bonds is 4. The van der Waals surface area contributed by atoms with Crippen LogP contribution in [0.4, 0.5) is 0 Å². The van der Waals surface area contributed by atoms with E-state index in [0.717, 1.165) is 47.5 Å². The summed E-state index contributed by atoms with van der Waals surface area (Å²) >= 11 is 1.08. The maximum absolute atomic E-state index is 12.0. The molecule has 1 N–H and O–H groups in total. The molecule has 0 radical (unpaired) electrons. The monoisotopic (exact) mass is 314 g/mol. The summed E-state index contributed by atoms with van der Waals surface area (Å²) < 4.78 is 26.2. The Labute approximate surface area is 123 Å². The zero-order valence-electron chi connectivity index (χ0n) is 11.6. The number of carbonyl (C=O) groups excluding carboxylic acids is 1. The molecule has 0 bridgehead atoms. The Balaban J connectivity index is 2.04. The summed E-state index contributed by atoms with van der Waals surface area (Å²) in [5, 5.41) is 0. The second-order valence-electron chi connectivity index (χ2n) is 4.93. The minimum atomic E-state index is -3.83. The number of nitrogens with zero attached hydrogens (tertiary/aromatic N) is 1. The molecule has 0 unspecified atom stereocenters. The third kappa shape index (κ3) is 3.67. The minimum Gasteiger partial charge on any atom is -0.274 e. The summed E-state index contributed by atoms with van der Waals surface area (Å²) in [5.41, 5.74) is 1.70. The summed E-state index contributed by atoms with van der Waals surface area (Å²) in [6.07, 6.45) is 6.25. The maximum Gasteiger partial charge on any atom is 0.291 e. The van der Waals surface area contributed by atoms with E-state index < -0.39 is 15.9 Å². The fourth-order valence-electron chi connectivity index (χ4n) is 2.06. The molecular weight excluding hydrogens is 296 g/mol. The maximum atomic E-state index is 12.0. The largest absolute Gasteiger partial charge is 0.291 e. The number of nitrogens with one attached hydrogen (secondary N) is 1. The molecular formula is C13H18N2O3S2. The Hall–Kier alpha value is -1.21. The molecule has 2 rings (SSSR count). The lowest BCUT2D eigenvalue weighted by molar-refractivity contribution is -0.118. The van der Waals surface area contributed by atoms with Crippen LogP contribution in [0.25, 0.3) is 0 Å². The van der Waals surface area contributed by atoms with Gasteiger partial charge in [0.05, 0.1) is 5.69 Å². The molecule has 1 amide bonds. The Morgan fingerprint density at radius 1 is 1.40 bits per heavy atom.